The lowest BCUT2D eigenvalue weighted by Gasteiger charge is -2.36. The number of rotatable bonds is 4. The first-order valence-electron chi connectivity index (χ1n) is 8.43. The Morgan fingerprint density at radius 1 is 0.931 bits per heavy atom. The van der Waals surface area contributed by atoms with Crippen molar-refractivity contribution in [3.05, 3.63) is 57.3 Å². The summed E-state index contributed by atoms with van der Waals surface area (Å²) in [6.07, 6.45) is -9.79. The number of hydrogen-bond acceptors (Lipinski definition) is 5. The Hall–Kier alpha value is -2.76. The fraction of sp³-hybridized carbons (Fsp3) is 0.412. The fourth-order valence-corrected chi connectivity index (χ4v) is 3.06. The molecule has 1 aromatic heterocycles. The van der Waals surface area contributed by atoms with Gasteiger partial charge < -0.3 is 9.32 Å². The first-order valence-corrected chi connectivity index (χ1v) is 8.43. The van der Waals surface area contributed by atoms with Gasteiger partial charge in [-0.25, -0.2) is 0 Å². The Balaban J connectivity index is 1.72. The molecule has 1 aliphatic rings. The Kier molecular flexibility index (Phi) is 5.48. The molecule has 12 heteroatoms. The Morgan fingerprint density at radius 2 is 1.48 bits per heavy atom. The number of nitrogens with zero attached hydrogens (tertiary/aromatic N) is 3. The molecule has 1 saturated heterocycles. The average molecular weight is 423 g/mol. The van der Waals surface area contributed by atoms with Crippen molar-refractivity contribution in [2.24, 2.45) is 0 Å². The van der Waals surface area contributed by atoms with Crippen LogP contribution in [0.25, 0.3) is 0 Å². The predicted octanol–water partition coefficient (Wildman–Crippen LogP) is 4.55. The second-order valence-electron chi connectivity index (χ2n) is 6.52. The van der Waals surface area contributed by atoms with Gasteiger partial charge in [0, 0.05) is 31.9 Å². The molecular weight excluding hydrogens is 408 g/mol. The summed E-state index contributed by atoms with van der Waals surface area (Å²) >= 11 is 0. The fourth-order valence-electron chi connectivity index (χ4n) is 3.06. The molecule has 158 valence electrons. The minimum absolute atomic E-state index is 0.101. The minimum atomic E-state index is -4.90. The number of alkyl halides is 6. The number of halogens is 6. The maximum Gasteiger partial charge on any atom is 0.433 e. The summed E-state index contributed by atoms with van der Waals surface area (Å²) in [6.45, 7) is 1.32. The van der Waals surface area contributed by atoms with E-state index >= 15 is 0 Å². The van der Waals surface area contributed by atoms with E-state index in [1.165, 1.54) is 17.0 Å². The summed E-state index contributed by atoms with van der Waals surface area (Å²) in [4.78, 5) is 13.3. The molecule has 0 saturated carbocycles. The highest BCUT2D eigenvalue weighted by Crippen LogP contribution is 2.38. The molecule has 0 amide bonds. The van der Waals surface area contributed by atoms with Crippen molar-refractivity contribution in [1.29, 1.82) is 0 Å². The maximum atomic E-state index is 13.0. The monoisotopic (exact) mass is 423 g/mol. The highest BCUT2D eigenvalue weighted by atomic mass is 19.4. The highest BCUT2D eigenvalue weighted by molar-refractivity contribution is 5.53. The second kappa shape index (κ2) is 7.58. The van der Waals surface area contributed by atoms with Gasteiger partial charge in [-0.3, -0.25) is 15.0 Å². The van der Waals surface area contributed by atoms with Crippen LogP contribution in [0.15, 0.2) is 34.7 Å². The molecule has 0 unspecified atom stereocenters. The van der Waals surface area contributed by atoms with E-state index in [-0.39, 0.29) is 31.4 Å². The molecule has 2 heterocycles. The van der Waals surface area contributed by atoms with Crippen molar-refractivity contribution in [3.63, 3.8) is 0 Å². The SMILES string of the molecule is O=[N+]([O-])c1ccc(CN2CCN(c3cc(C(F)(F)F)cc(C(F)(F)F)c3)CC2)o1. The van der Waals surface area contributed by atoms with Gasteiger partial charge in [-0.05, 0) is 24.3 Å². The van der Waals surface area contributed by atoms with Gasteiger partial charge in [0.05, 0.1) is 23.7 Å². The van der Waals surface area contributed by atoms with Crippen LogP contribution in [0.1, 0.15) is 16.9 Å². The van der Waals surface area contributed by atoms with Crippen LogP contribution in [0.5, 0.6) is 0 Å². The van der Waals surface area contributed by atoms with Gasteiger partial charge >= 0.3 is 18.2 Å². The Morgan fingerprint density at radius 3 is 1.93 bits per heavy atom. The molecule has 0 atom stereocenters. The third kappa shape index (κ3) is 5.00. The summed E-state index contributed by atoms with van der Waals surface area (Å²) < 4.78 is 83.1. The van der Waals surface area contributed by atoms with Gasteiger partial charge in [0.1, 0.15) is 10.7 Å². The number of hydrogen-bond donors (Lipinski definition) is 0. The molecule has 6 nitrogen and oxygen atoms in total. The van der Waals surface area contributed by atoms with Crippen molar-refractivity contribution >= 4 is 11.6 Å². The first kappa shape index (κ1) is 21.0. The molecule has 1 aliphatic heterocycles. The third-order valence-electron chi connectivity index (χ3n) is 4.52. The van der Waals surface area contributed by atoms with Crippen molar-refractivity contribution in [3.8, 4) is 0 Å². The largest absolute Gasteiger partial charge is 0.433 e. The Labute approximate surface area is 160 Å². The zero-order valence-electron chi connectivity index (χ0n) is 14.8. The number of nitro groups is 1. The molecule has 0 aliphatic carbocycles. The predicted molar refractivity (Wildman–Crippen MR) is 89.3 cm³/mol. The van der Waals surface area contributed by atoms with E-state index in [9.17, 15) is 36.5 Å². The lowest BCUT2D eigenvalue weighted by Crippen LogP contribution is -2.46. The average Bonchev–Trinajstić information content (AvgIpc) is 3.09. The van der Waals surface area contributed by atoms with Crippen LogP contribution >= 0.6 is 0 Å². The first-order chi connectivity index (χ1) is 13.4. The van der Waals surface area contributed by atoms with E-state index in [1.807, 2.05) is 4.90 Å². The standard InChI is InChI=1S/C17H15F6N3O3/c18-16(19,20)11-7-12(17(21,22)23)9-13(8-11)25-5-3-24(4-6-25)10-14-1-2-15(29-14)26(27)28/h1-2,7-9H,3-6,10H2. The van der Waals surface area contributed by atoms with E-state index in [4.69, 9.17) is 4.42 Å². The van der Waals surface area contributed by atoms with Crippen LogP contribution in [0.3, 0.4) is 0 Å². The topological polar surface area (TPSA) is 62.8 Å². The maximum absolute atomic E-state index is 13.0. The second-order valence-corrected chi connectivity index (χ2v) is 6.52. The molecule has 2 aromatic rings. The summed E-state index contributed by atoms with van der Waals surface area (Å²) in [7, 11) is 0. The molecule has 0 bridgehead atoms. The normalized spacial score (nSPS) is 16.3. The molecule has 0 spiro atoms. The molecule has 1 aromatic carbocycles. The number of furan rings is 1. The molecule has 0 radical (unpaired) electrons. The van der Waals surface area contributed by atoms with Crippen LogP contribution in [-0.4, -0.2) is 36.0 Å². The quantitative estimate of drug-likeness (QED) is 0.410. The van der Waals surface area contributed by atoms with Crippen molar-refractivity contribution in [1.82, 2.24) is 4.90 Å². The van der Waals surface area contributed by atoms with E-state index < -0.39 is 34.3 Å². The van der Waals surface area contributed by atoms with E-state index in [0.29, 0.717) is 31.0 Å². The van der Waals surface area contributed by atoms with Crippen LogP contribution in [0.4, 0.5) is 37.9 Å². The summed E-state index contributed by atoms with van der Waals surface area (Å²) in [6, 6.07) is 4.19. The van der Waals surface area contributed by atoms with Gasteiger partial charge in [-0.2, -0.15) is 26.3 Å². The Bertz CT molecular complexity index is 853. The molecular formula is C17H15F6N3O3. The third-order valence-corrected chi connectivity index (χ3v) is 4.52. The summed E-state index contributed by atoms with van der Waals surface area (Å²) in [5.41, 5.74) is -2.86. The van der Waals surface area contributed by atoms with Gasteiger partial charge in [-0.1, -0.05) is 0 Å². The zero-order chi connectivity index (χ0) is 21.4. The highest BCUT2D eigenvalue weighted by Gasteiger charge is 2.37. The number of anilines is 1. The molecule has 3 rings (SSSR count). The lowest BCUT2D eigenvalue weighted by atomic mass is 10.1. The minimum Gasteiger partial charge on any atom is -0.404 e. The molecule has 1 fully saturated rings. The number of piperazine rings is 1. The van der Waals surface area contributed by atoms with Crippen molar-refractivity contribution < 1.29 is 35.7 Å². The van der Waals surface area contributed by atoms with Crippen molar-refractivity contribution in [2.45, 2.75) is 18.9 Å². The summed E-state index contributed by atoms with van der Waals surface area (Å²) in [5, 5.41) is 10.6. The van der Waals surface area contributed by atoms with Crippen molar-refractivity contribution in [2.75, 3.05) is 31.1 Å². The summed E-state index contributed by atoms with van der Waals surface area (Å²) in [5.74, 6) is -0.0501. The van der Waals surface area contributed by atoms with Gasteiger partial charge in [0.15, 0.2) is 0 Å². The van der Waals surface area contributed by atoms with E-state index in [1.54, 1.807) is 0 Å². The molecule has 29 heavy (non-hydrogen) atoms. The van der Waals surface area contributed by atoms with Gasteiger partial charge in [0.25, 0.3) is 0 Å². The van der Waals surface area contributed by atoms with E-state index in [2.05, 4.69) is 0 Å². The number of benzene rings is 1. The van der Waals surface area contributed by atoms with Crippen LogP contribution in [-0.2, 0) is 18.9 Å². The van der Waals surface area contributed by atoms with Gasteiger partial charge in [-0.15, -0.1) is 0 Å². The molecule has 0 N–H and O–H groups in total. The van der Waals surface area contributed by atoms with Crippen LogP contribution in [0, 0.1) is 10.1 Å². The zero-order valence-corrected chi connectivity index (χ0v) is 14.8. The van der Waals surface area contributed by atoms with E-state index in [0.717, 1.165) is 0 Å². The van der Waals surface area contributed by atoms with Crippen LogP contribution in [0.2, 0.25) is 0 Å². The van der Waals surface area contributed by atoms with Crippen LogP contribution < -0.4 is 4.90 Å². The smallest absolute Gasteiger partial charge is 0.404 e. The lowest BCUT2D eigenvalue weighted by molar-refractivity contribution is -0.402. The van der Waals surface area contributed by atoms with Gasteiger partial charge in [0.2, 0.25) is 0 Å².